The van der Waals surface area contributed by atoms with Gasteiger partial charge in [-0.1, -0.05) is 18.5 Å². The molecule has 12 heteroatoms. The Balaban J connectivity index is 1.77. The first-order valence-corrected chi connectivity index (χ1v) is 13.7. The number of rotatable bonds is 7. The van der Waals surface area contributed by atoms with Gasteiger partial charge in [-0.05, 0) is 60.5 Å². The summed E-state index contributed by atoms with van der Waals surface area (Å²) in [6.45, 7) is 7.21. The third kappa shape index (κ3) is 6.06. The van der Waals surface area contributed by atoms with Crippen LogP contribution in [0, 0.1) is 0 Å². The smallest absolute Gasteiger partial charge is 0.416 e. The molecule has 0 radical (unpaired) electrons. The first kappa shape index (κ1) is 27.7. The van der Waals surface area contributed by atoms with Gasteiger partial charge in [0, 0.05) is 43.3 Å². The predicted molar refractivity (Wildman–Crippen MR) is 139 cm³/mol. The van der Waals surface area contributed by atoms with Crippen LogP contribution >= 0.6 is 11.6 Å². The van der Waals surface area contributed by atoms with Gasteiger partial charge in [0.15, 0.2) is 4.90 Å². The first-order valence-electron chi connectivity index (χ1n) is 12.0. The highest BCUT2D eigenvalue weighted by atomic mass is 35.5. The molecule has 1 saturated heterocycles. The van der Waals surface area contributed by atoms with E-state index in [0.717, 1.165) is 30.3 Å². The van der Waals surface area contributed by atoms with Crippen LogP contribution in [0.25, 0.3) is 10.9 Å². The predicted octanol–water partition coefficient (Wildman–Crippen LogP) is 3.68. The Morgan fingerprint density at radius 2 is 1.68 bits per heavy atom. The van der Waals surface area contributed by atoms with Crippen molar-refractivity contribution < 1.29 is 17.7 Å². The highest BCUT2D eigenvalue weighted by Crippen LogP contribution is 2.34. The van der Waals surface area contributed by atoms with Crippen molar-refractivity contribution in [2.75, 3.05) is 38.5 Å². The fourth-order valence-electron chi connectivity index (χ4n) is 4.61. The van der Waals surface area contributed by atoms with Gasteiger partial charge in [-0.3, -0.25) is 14.3 Å². The molecule has 0 spiro atoms. The third-order valence-corrected chi connectivity index (χ3v) is 8.32. The summed E-state index contributed by atoms with van der Waals surface area (Å²) >= 11 is 4.69. The van der Waals surface area contributed by atoms with Crippen LogP contribution in [0.15, 0.2) is 44.8 Å². The molecule has 1 N–H and O–H groups in total. The van der Waals surface area contributed by atoms with Crippen LogP contribution in [0.3, 0.4) is 0 Å². The second-order valence-electron chi connectivity index (χ2n) is 8.97. The Morgan fingerprint density at radius 3 is 2.30 bits per heavy atom. The van der Waals surface area contributed by atoms with E-state index in [9.17, 15) is 27.3 Å². The Labute approximate surface area is 220 Å². The lowest BCUT2D eigenvalue weighted by Crippen LogP contribution is -2.45. The molecule has 1 unspecified atom stereocenters. The van der Waals surface area contributed by atoms with Crippen molar-refractivity contribution in [1.82, 2.24) is 19.4 Å². The van der Waals surface area contributed by atoms with Crippen molar-refractivity contribution in [1.29, 1.82) is 0 Å². The van der Waals surface area contributed by atoms with Crippen LogP contribution in [0.1, 0.15) is 30.5 Å². The summed E-state index contributed by atoms with van der Waals surface area (Å²) in [6.07, 6.45) is -4.68. The van der Waals surface area contributed by atoms with E-state index in [1.54, 1.807) is 19.1 Å². The van der Waals surface area contributed by atoms with Crippen LogP contribution in [0.4, 0.5) is 13.2 Å². The fraction of sp³-hybridized carbons (Fsp3) is 0.440. The molecule has 0 aliphatic carbocycles. The maximum absolute atomic E-state index is 14.1. The topological polar surface area (TPSA) is 84.4 Å². The molecule has 2 heterocycles. The van der Waals surface area contributed by atoms with Crippen LogP contribution < -0.4 is 11.2 Å². The van der Waals surface area contributed by atoms with Crippen LogP contribution in [0.2, 0.25) is 5.02 Å². The molecular formula is C25H28ClF3N4O3S. The SMILES string of the molecule is CCN1CCN(Cc2cc3[nH]c(=O)n(Cc4cc(Cl)ccc4[S+]([O-])CC)c(=O)c3cc2C(F)(F)F)CC1. The summed E-state index contributed by atoms with van der Waals surface area (Å²) in [5.41, 5.74) is -2.09. The van der Waals surface area contributed by atoms with Crippen molar-refractivity contribution in [2.24, 2.45) is 0 Å². The molecule has 0 saturated carbocycles. The van der Waals surface area contributed by atoms with Gasteiger partial charge >= 0.3 is 11.9 Å². The number of nitrogens with zero attached hydrogens (tertiary/aromatic N) is 3. The number of benzene rings is 2. The zero-order valence-electron chi connectivity index (χ0n) is 20.5. The zero-order chi connectivity index (χ0) is 26.9. The minimum Gasteiger partial charge on any atom is -0.611 e. The van der Waals surface area contributed by atoms with Crippen molar-refractivity contribution >= 4 is 33.7 Å². The van der Waals surface area contributed by atoms with Crippen molar-refractivity contribution in [3.63, 3.8) is 0 Å². The molecule has 200 valence electrons. The molecule has 2 aromatic carbocycles. The number of aromatic nitrogens is 2. The lowest BCUT2D eigenvalue weighted by molar-refractivity contribution is -0.138. The van der Waals surface area contributed by atoms with E-state index in [4.69, 9.17) is 11.6 Å². The fourth-order valence-corrected chi connectivity index (χ4v) is 5.75. The number of H-pyrrole nitrogens is 1. The average Bonchev–Trinajstić information content (AvgIpc) is 2.85. The van der Waals surface area contributed by atoms with E-state index in [2.05, 4.69) is 9.88 Å². The molecule has 3 aromatic rings. The number of fused-ring (bicyclic) bond motifs is 1. The van der Waals surface area contributed by atoms with Crippen LogP contribution in [-0.4, -0.2) is 62.4 Å². The number of piperazine rings is 1. The summed E-state index contributed by atoms with van der Waals surface area (Å²) < 4.78 is 55.5. The third-order valence-electron chi connectivity index (χ3n) is 6.68. The molecule has 37 heavy (non-hydrogen) atoms. The van der Waals surface area contributed by atoms with Crippen LogP contribution in [-0.2, 0) is 30.4 Å². The highest BCUT2D eigenvalue weighted by molar-refractivity contribution is 7.91. The van der Waals surface area contributed by atoms with Gasteiger partial charge in [0.05, 0.1) is 23.0 Å². The Morgan fingerprint density at radius 1 is 1.00 bits per heavy atom. The largest absolute Gasteiger partial charge is 0.611 e. The molecule has 0 amide bonds. The number of hydrogen-bond acceptors (Lipinski definition) is 5. The molecule has 1 fully saturated rings. The molecule has 1 aromatic heterocycles. The van der Waals surface area contributed by atoms with Crippen molar-refractivity contribution in [3.8, 4) is 0 Å². The summed E-state index contributed by atoms with van der Waals surface area (Å²) in [4.78, 5) is 33.3. The van der Waals surface area contributed by atoms with Gasteiger partial charge in [0.1, 0.15) is 5.75 Å². The van der Waals surface area contributed by atoms with Gasteiger partial charge in [0.2, 0.25) is 0 Å². The van der Waals surface area contributed by atoms with E-state index < -0.39 is 34.2 Å². The number of halogens is 4. The number of likely N-dealkylation sites (N-methyl/N-ethyl adjacent to an activating group) is 1. The summed E-state index contributed by atoms with van der Waals surface area (Å²) in [5, 5.41) is 0.0764. The van der Waals surface area contributed by atoms with E-state index in [1.165, 1.54) is 12.1 Å². The van der Waals surface area contributed by atoms with Gasteiger partial charge in [-0.15, -0.1) is 0 Å². The lowest BCUT2D eigenvalue weighted by atomic mass is 10.0. The molecule has 1 aliphatic rings. The molecule has 1 aliphatic heterocycles. The van der Waals surface area contributed by atoms with Gasteiger partial charge in [-0.25, -0.2) is 4.79 Å². The number of alkyl halides is 3. The van der Waals surface area contributed by atoms with E-state index in [0.29, 0.717) is 34.3 Å². The van der Waals surface area contributed by atoms with E-state index in [1.807, 2.05) is 11.8 Å². The van der Waals surface area contributed by atoms with Gasteiger partial charge in [0.25, 0.3) is 5.56 Å². The quantitative estimate of drug-likeness (QED) is 0.449. The van der Waals surface area contributed by atoms with Crippen LogP contribution in [0.5, 0.6) is 0 Å². The monoisotopic (exact) mass is 556 g/mol. The molecule has 7 nitrogen and oxygen atoms in total. The Kier molecular flexibility index (Phi) is 8.39. The second-order valence-corrected chi connectivity index (χ2v) is 11.1. The lowest BCUT2D eigenvalue weighted by Gasteiger charge is -2.34. The maximum atomic E-state index is 14.1. The van der Waals surface area contributed by atoms with Crippen molar-refractivity contribution in [3.05, 3.63) is 72.9 Å². The first-order chi connectivity index (χ1) is 17.5. The van der Waals surface area contributed by atoms with Crippen molar-refractivity contribution in [2.45, 2.75) is 38.0 Å². The highest BCUT2D eigenvalue weighted by Gasteiger charge is 2.35. The molecule has 4 rings (SSSR count). The van der Waals surface area contributed by atoms with Gasteiger partial charge in [-0.2, -0.15) is 13.2 Å². The van der Waals surface area contributed by atoms with E-state index in [-0.39, 0.29) is 29.6 Å². The Hall–Kier alpha value is -2.31. The minimum absolute atomic E-state index is 0.00761. The second kappa shape index (κ2) is 11.2. The van der Waals surface area contributed by atoms with E-state index >= 15 is 0 Å². The Bertz CT molecular complexity index is 1400. The average molecular weight is 557 g/mol. The zero-order valence-corrected chi connectivity index (χ0v) is 22.1. The molecular weight excluding hydrogens is 529 g/mol. The number of hydrogen-bond donors (Lipinski definition) is 1. The standard InChI is InChI=1S/C25H28ClF3N4O3S/c1-3-31-7-9-32(10-8-31)14-16-12-21-19(13-20(16)25(27,28)29)23(34)33(24(35)30-21)15-17-11-18(26)5-6-22(17)37(36)4-2/h5-6,11-13H,3-4,7-10,14-15H2,1-2H3,(H,30,35). The summed E-state index contributed by atoms with van der Waals surface area (Å²) in [5.74, 6) is 0.308. The normalized spacial score (nSPS) is 16.4. The minimum atomic E-state index is -4.68. The number of aromatic amines is 1. The maximum Gasteiger partial charge on any atom is 0.416 e. The van der Waals surface area contributed by atoms with Gasteiger partial charge < -0.3 is 14.4 Å². The number of nitrogens with one attached hydrogen (secondary N) is 1. The summed E-state index contributed by atoms with van der Waals surface area (Å²) in [6, 6.07) is 6.70. The molecule has 1 atom stereocenters. The summed E-state index contributed by atoms with van der Waals surface area (Å²) in [7, 11) is 0. The molecule has 0 bridgehead atoms.